The number of aromatic nitrogens is 4. The summed E-state index contributed by atoms with van der Waals surface area (Å²) >= 11 is 4.32. The van der Waals surface area contributed by atoms with Crippen LogP contribution in [0.5, 0.6) is 0 Å². The van der Waals surface area contributed by atoms with Crippen LogP contribution in [0.4, 0.5) is 5.95 Å². The normalized spacial score (nSPS) is 29.1. The Morgan fingerprint density at radius 1 is 1.62 bits per heavy atom. The van der Waals surface area contributed by atoms with E-state index in [1.807, 2.05) is 0 Å². The van der Waals surface area contributed by atoms with Crippen LogP contribution in [0.25, 0.3) is 11.2 Å². The molecule has 1 fully saturated rings. The number of anilines is 1. The number of nitrogens with one attached hydrogen (secondary N) is 2. The van der Waals surface area contributed by atoms with Gasteiger partial charge >= 0.3 is 0 Å². The minimum absolute atomic E-state index is 0.167. The van der Waals surface area contributed by atoms with E-state index in [4.69, 9.17) is 4.74 Å². The number of rotatable bonds is 3. The zero-order chi connectivity index (χ0) is 15.1. The molecule has 3 rings (SSSR count). The third kappa shape index (κ3) is 2.20. The van der Waals surface area contributed by atoms with Gasteiger partial charge in [0.25, 0.3) is 5.56 Å². The van der Waals surface area contributed by atoms with Crippen molar-refractivity contribution in [3.05, 3.63) is 16.7 Å². The minimum atomic E-state index is -0.924. The van der Waals surface area contributed by atoms with Crippen LogP contribution in [0.2, 0.25) is 0 Å². The Balaban J connectivity index is 2.09. The molecule has 3 heterocycles. The third-order valence-electron chi connectivity index (χ3n) is 3.46. The second-order valence-corrected chi connectivity index (χ2v) is 5.31. The highest BCUT2D eigenvalue weighted by Gasteiger charge is 2.43. The molecule has 0 aromatic carbocycles. The summed E-state index contributed by atoms with van der Waals surface area (Å²) in [5.41, 5.74) is 0.106. The maximum absolute atomic E-state index is 11.9. The Morgan fingerprint density at radius 3 is 3.00 bits per heavy atom. The van der Waals surface area contributed by atoms with E-state index in [0.717, 1.165) is 0 Å². The summed E-state index contributed by atoms with van der Waals surface area (Å²) in [6.07, 6.45) is -0.927. The van der Waals surface area contributed by atoms with Gasteiger partial charge < -0.3 is 20.3 Å². The second-order valence-electron chi connectivity index (χ2n) is 4.72. The lowest BCUT2D eigenvalue weighted by Gasteiger charge is -2.16. The minimum Gasteiger partial charge on any atom is -0.394 e. The molecule has 21 heavy (non-hydrogen) atoms. The van der Waals surface area contributed by atoms with Crippen molar-refractivity contribution in [2.75, 3.05) is 19.0 Å². The molecule has 0 saturated carbocycles. The van der Waals surface area contributed by atoms with Gasteiger partial charge in [0.15, 0.2) is 17.4 Å². The lowest BCUT2D eigenvalue weighted by molar-refractivity contribution is -0.0430. The van der Waals surface area contributed by atoms with E-state index < -0.39 is 23.7 Å². The molecule has 1 aliphatic rings. The smallest absolute Gasteiger partial charge is 0.280 e. The first-order valence-electron chi connectivity index (χ1n) is 6.34. The molecule has 9 nitrogen and oxygen atoms in total. The zero-order valence-corrected chi connectivity index (χ0v) is 12.0. The van der Waals surface area contributed by atoms with Crippen molar-refractivity contribution in [2.24, 2.45) is 0 Å². The quantitative estimate of drug-likeness (QED) is 0.446. The lowest BCUT2D eigenvalue weighted by Crippen LogP contribution is -2.30. The summed E-state index contributed by atoms with van der Waals surface area (Å²) in [6, 6.07) is 0. The zero-order valence-electron chi connectivity index (χ0n) is 11.1. The number of aliphatic hydroxyl groups excluding tert-OH is 2. The molecule has 0 bridgehead atoms. The van der Waals surface area contributed by atoms with E-state index in [2.05, 4.69) is 32.9 Å². The van der Waals surface area contributed by atoms with E-state index in [-0.39, 0.29) is 17.7 Å². The van der Waals surface area contributed by atoms with E-state index in [9.17, 15) is 15.0 Å². The molecule has 0 spiro atoms. The van der Waals surface area contributed by atoms with Crippen molar-refractivity contribution in [1.29, 1.82) is 0 Å². The van der Waals surface area contributed by atoms with E-state index in [0.29, 0.717) is 11.6 Å². The number of nitrogens with zero attached hydrogens (tertiary/aromatic N) is 3. The summed E-state index contributed by atoms with van der Waals surface area (Å²) in [5.74, 6) is 0.294. The van der Waals surface area contributed by atoms with Crippen LogP contribution in [0.3, 0.4) is 0 Å². The van der Waals surface area contributed by atoms with Gasteiger partial charge in [0.05, 0.1) is 24.3 Å². The molecular weight excluding hydrogens is 298 g/mol. The molecule has 0 unspecified atom stereocenters. The molecule has 10 heteroatoms. The number of thiol groups is 1. The lowest BCUT2D eigenvalue weighted by atomic mass is 10.2. The van der Waals surface area contributed by atoms with Gasteiger partial charge in [-0.05, 0) is 0 Å². The standard InChI is InChI=1S/C11H15N5O4S/c1-12-11-14-8-5(9(19)15-11)13-3-16(8)10-7(21)6(18)4(2-17)20-10/h3-4,6-7,10,17-18,21H,2H2,1H3,(H2,12,14,15,19)/t4-,6-,7-,10-/m1/s1. The van der Waals surface area contributed by atoms with Gasteiger partial charge in [-0.25, -0.2) is 4.98 Å². The Labute approximate surface area is 124 Å². The highest BCUT2D eigenvalue weighted by Crippen LogP contribution is 2.34. The molecule has 4 N–H and O–H groups in total. The predicted molar refractivity (Wildman–Crippen MR) is 77.5 cm³/mol. The summed E-state index contributed by atoms with van der Waals surface area (Å²) in [6.45, 7) is -0.322. The highest BCUT2D eigenvalue weighted by molar-refractivity contribution is 7.81. The average molecular weight is 313 g/mol. The van der Waals surface area contributed by atoms with E-state index in [1.165, 1.54) is 10.9 Å². The van der Waals surface area contributed by atoms with Crippen LogP contribution in [-0.2, 0) is 4.74 Å². The third-order valence-corrected chi connectivity index (χ3v) is 4.02. The maximum atomic E-state index is 11.9. The largest absolute Gasteiger partial charge is 0.394 e. The summed E-state index contributed by atoms with van der Waals surface area (Å²) in [4.78, 5) is 22.7. The monoisotopic (exact) mass is 313 g/mol. The number of hydrogen-bond acceptors (Lipinski definition) is 8. The Hall–Kier alpha value is -1.62. The average Bonchev–Trinajstić information content (AvgIpc) is 3.02. The van der Waals surface area contributed by atoms with Gasteiger partial charge in [0, 0.05) is 7.05 Å². The molecule has 114 valence electrons. The molecule has 1 aliphatic heterocycles. The topological polar surface area (TPSA) is 125 Å². The Morgan fingerprint density at radius 2 is 2.38 bits per heavy atom. The predicted octanol–water partition coefficient (Wildman–Crippen LogP) is -1.29. The van der Waals surface area contributed by atoms with Gasteiger partial charge in [-0.3, -0.25) is 14.3 Å². The van der Waals surface area contributed by atoms with Gasteiger partial charge in [-0.2, -0.15) is 17.6 Å². The fourth-order valence-electron chi connectivity index (χ4n) is 2.34. The maximum Gasteiger partial charge on any atom is 0.280 e. The molecule has 4 atom stereocenters. The van der Waals surface area contributed by atoms with Crippen LogP contribution in [0.15, 0.2) is 11.1 Å². The number of ether oxygens (including phenoxy) is 1. The van der Waals surface area contributed by atoms with E-state index >= 15 is 0 Å². The Bertz CT molecular complexity index is 716. The van der Waals surface area contributed by atoms with Crippen molar-refractivity contribution in [3.63, 3.8) is 0 Å². The number of imidazole rings is 1. The van der Waals surface area contributed by atoms with Gasteiger partial charge in [-0.15, -0.1) is 0 Å². The van der Waals surface area contributed by atoms with Crippen LogP contribution in [0.1, 0.15) is 6.23 Å². The van der Waals surface area contributed by atoms with Crippen molar-refractivity contribution in [2.45, 2.75) is 23.7 Å². The fraction of sp³-hybridized carbons (Fsp3) is 0.545. The van der Waals surface area contributed by atoms with Crippen LogP contribution >= 0.6 is 12.6 Å². The van der Waals surface area contributed by atoms with Crippen LogP contribution < -0.4 is 10.9 Å². The molecule has 0 aliphatic carbocycles. The SMILES string of the molecule is CNc1nc2c(ncn2[C@@H]2O[C@H](CO)[C@@H](O)[C@H]2S)c(=O)[nH]1. The second kappa shape index (κ2) is 5.30. The molecular formula is C11H15N5O4S. The number of fused-ring (bicyclic) bond motifs is 1. The van der Waals surface area contributed by atoms with Crippen molar-refractivity contribution in [1.82, 2.24) is 19.5 Å². The molecule has 2 aromatic rings. The van der Waals surface area contributed by atoms with Gasteiger partial charge in [0.1, 0.15) is 6.10 Å². The first-order chi connectivity index (χ1) is 10.1. The van der Waals surface area contributed by atoms with Crippen LogP contribution in [-0.4, -0.2) is 60.8 Å². The molecule has 1 saturated heterocycles. The molecule has 0 amide bonds. The highest BCUT2D eigenvalue weighted by atomic mass is 32.1. The van der Waals surface area contributed by atoms with Crippen molar-refractivity contribution < 1.29 is 14.9 Å². The summed E-state index contributed by atoms with van der Waals surface area (Å²) < 4.78 is 7.10. The number of aliphatic hydroxyl groups is 2. The van der Waals surface area contributed by atoms with Crippen LogP contribution in [0, 0.1) is 0 Å². The van der Waals surface area contributed by atoms with Crippen molar-refractivity contribution in [3.8, 4) is 0 Å². The van der Waals surface area contributed by atoms with Gasteiger partial charge in [-0.1, -0.05) is 0 Å². The number of H-pyrrole nitrogens is 1. The van der Waals surface area contributed by atoms with Crippen molar-refractivity contribution >= 4 is 29.7 Å². The molecule has 2 aromatic heterocycles. The first kappa shape index (κ1) is 14.3. The first-order valence-corrected chi connectivity index (χ1v) is 6.85. The fourth-order valence-corrected chi connectivity index (χ4v) is 2.75. The number of hydrogen-bond donors (Lipinski definition) is 5. The Kier molecular flexibility index (Phi) is 3.61. The number of aromatic amines is 1. The van der Waals surface area contributed by atoms with Gasteiger partial charge in [0.2, 0.25) is 5.95 Å². The summed E-state index contributed by atoms with van der Waals surface area (Å²) in [7, 11) is 1.63. The van der Waals surface area contributed by atoms with E-state index in [1.54, 1.807) is 7.05 Å². The summed E-state index contributed by atoms with van der Waals surface area (Å²) in [5, 5.41) is 21.3. The molecule has 0 radical (unpaired) electrons.